The number of aromatic nitrogens is 2. The highest BCUT2D eigenvalue weighted by Crippen LogP contribution is 2.29. The van der Waals surface area contributed by atoms with Crippen molar-refractivity contribution in [2.24, 2.45) is 0 Å². The molecule has 0 saturated carbocycles. The first-order valence-corrected chi connectivity index (χ1v) is 8.65. The normalized spacial score (nSPS) is 13.2. The molecule has 0 bridgehead atoms. The molecule has 1 N–H and O–H groups in total. The van der Waals surface area contributed by atoms with Crippen LogP contribution in [0.5, 0.6) is 0 Å². The number of benzene rings is 1. The molecule has 108 valence electrons. The summed E-state index contributed by atoms with van der Waals surface area (Å²) < 4.78 is 1.67. The maximum absolute atomic E-state index is 12.8. The van der Waals surface area contributed by atoms with Crippen LogP contribution < -0.4 is 5.56 Å². The summed E-state index contributed by atoms with van der Waals surface area (Å²) in [5.74, 6) is 1.47. The van der Waals surface area contributed by atoms with E-state index in [4.69, 9.17) is 5.41 Å². The highest BCUT2D eigenvalue weighted by Gasteiger charge is 2.22. The molecule has 1 aromatic heterocycles. The van der Waals surface area contributed by atoms with Crippen LogP contribution in [0.15, 0.2) is 45.2 Å². The molecular formula is C15H15N3OS2. The van der Waals surface area contributed by atoms with Crippen molar-refractivity contribution in [3.05, 3.63) is 46.4 Å². The second-order valence-corrected chi connectivity index (χ2v) is 6.86. The fourth-order valence-corrected chi connectivity index (χ4v) is 4.03. The van der Waals surface area contributed by atoms with Crippen molar-refractivity contribution < 1.29 is 0 Å². The van der Waals surface area contributed by atoms with Crippen molar-refractivity contribution in [3.63, 3.8) is 0 Å². The molecule has 6 heteroatoms. The van der Waals surface area contributed by atoms with E-state index in [1.807, 2.05) is 30.3 Å². The van der Waals surface area contributed by atoms with Gasteiger partial charge in [-0.2, -0.15) is 0 Å². The summed E-state index contributed by atoms with van der Waals surface area (Å²) in [4.78, 5) is 18.2. The Morgan fingerprint density at radius 2 is 2.19 bits per heavy atom. The van der Waals surface area contributed by atoms with Crippen LogP contribution in [0.4, 0.5) is 0 Å². The van der Waals surface area contributed by atoms with Crippen molar-refractivity contribution in [2.75, 3.05) is 11.5 Å². The number of hydrogen-bond acceptors (Lipinski definition) is 5. The van der Waals surface area contributed by atoms with Gasteiger partial charge >= 0.3 is 0 Å². The number of fused-ring (bicyclic) bond motifs is 1. The molecule has 0 atom stereocenters. The van der Waals surface area contributed by atoms with Crippen molar-refractivity contribution in [2.45, 2.75) is 23.4 Å². The summed E-state index contributed by atoms with van der Waals surface area (Å²) in [6.07, 6.45) is 0.849. The number of para-hydroxylation sites is 1. The number of aryl methyl sites for hydroxylation is 1. The van der Waals surface area contributed by atoms with E-state index in [-0.39, 0.29) is 5.56 Å². The highest BCUT2D eigenvalue weighted by atomic mass is 32.2. The molecule has 0 amide bonds. The molecule has 3 rings (SSSR count). The lowest BCUT2D eigenvalue weighted by atomic mass is 10.3. The summed E-state index contributed by atoms with van der Waals surface area (Å²) in [7, 11) is 0. The standard InChI is InChI=1S/C15H15N3OS2/c1-10(16)9-21-15-17-12-7-8-20-13(12)14(19)18(15)11-5-3-2-4-6-11/h2-6,16H,7-9H2,1H3. The van der Waals surface area contributed by atoms with Crippen LogP contribution in [0.25, 0.3) is 5.69 Å². The average Bonchev–Trinajstić information content (AvgIpc) is 2.95. The van der Waals surface area contributed by atoms with Gasteiger partial charge in [0.25, 0.3) is 5.56 Å². The van der Waals surface area contributed by atoms with Gasteiger partial charge in [-0.3, -0.25) is 9.36 Å². The third-order valence-corrected chi connectivity index (χ3v) is 5.32. The second kappa shape index (κ2) is 6.07. The lowest BCUT2D eigenvalue weighted by molar-refractivity contribution is 0.740. The number of nitrogens with zero attached hydrogens (tertiary/aromatic N) is 2. The fraction of sp³-hybridized carbons (Fsp3) is 0.267. The van der Waals surface area contributed by atoms with Gasteiger partial charge in [-0.05, 0) is 19.1 Å². The van der Waals surface area contributed by atoms with Gasteiger partial charge in [-0.15, -0.1) is 11.8 Å². The summed E-state index contributed by atoms with van der Waals surface area (Å²) >= 11 is 3.04. The Balaban J connectivity index is 2.15. The topological polar surface area (TPSA) is 58.7 Å². The van der Waals surface area contributed by atoms with Crippen LogP contribution in [-0.2, 0) is 6.42 Å². The van der Waals surface area contributed by atoms with E-state index in [0.717, 1.165) is 28.5 Å². The molecule has 1 aliphatic heterocycles. The highest BCUT2D eigenvalue weighted by molar-refractivity contribution is 8.00. The van der Waals surface area contributed by atoms with Gasteiger partial charge < -0.3 is 5.41 Å². The third-order valence-electron chi connectivity index (χ3n) is 3.10. The molecule has 1 aliphatic rings. The van der Waals surface area contributed by atoms with Crippen LogP contribution in [0.3, 0.4) is 0 Å². The molecule has 21 heavy (non-hydrogen) atoms. The Labute approximate surface area is 131 Å². The Hall–Kier alpha value is -1.53. The van der Waals surface area contributed by atoms with E-state index in [9.17, 15) is 4.79 Å². The summed E-state index contributed by atoms with van der Waals surface area (Å²) in [5.41, 5.74) is 2.32. The number of nitrogens with one attached hydrogen (secondary N) is 1. The van der Waals surface area contributed by atoms with Crippen LogP contribution in [0, 0.1) is 5.41 Å². The maximum Gasteiger partial charge on any atom is 0.272 e. The maximum atomic E-state index is 12.8. The smallest absolute Gasteiger partial charge is 0.272 e. The zero-order chi connectivity index (χ0) is 14.8. The largest absolute Gasteiger partial charge is 0.309 e. The quantitative estimate of drug-likeness (QED) is 0.535. The van der Waals surface area contributed by atoms with Crippen LogP contribution in [-0.4, -0.2) is 26.8 Å². The number of thioether (sulfide) groups is 2. The van der Waals surface area contributed by atoms with Gasteiger partial charge in [0.1, 0.15) is 0 Å². The first-order chi connectivity index (χ1) is 10.2. The monoisotopic (exact) mass is 317 g/mol. The minimum Gasteiger partial charge on any atom is -0.309 e. The second-order valence-electron chi connectivity index (χ2n) is 4.81. The molecule has 0 fully saturated rings. The van der Waals surface area contributed by atoms with E-state index >= 15 is 0 Å². The summed E-state index contributed by atoms with van der Waals surface area (Å²) in [6, 6.07) is 9.59. The zero-order valence-corrected chi connectivity index (χ0v) is 13.3. The lowest BCUT2D eigenvalue weighted by Crippen LogP contribution is -2.24. The predicted octanol–water partition coefficient (Wildman–Crippen LogP) is 3.01. The molecule has 0 radical (unpaired) electrons. The average molecular weight is 317 g/mol. The van der Waals surface area contributed by atoms with E-state index < -0.39 is 0 Å². The first-order valence-electron chi connectivity index (χ1n) is 6.68. The van der Waals surface area contributed by atoms with Gasteiger partial charge in [0, 0.05) is 23.6 Å². The van der Waals surface area contributed by atoms with Crippen molar-refractivity contribution in [1.29, 1.82) is 5.41 Å². The summed E-state index contributed by atoms with van der Waals surface area (Å²) in [5, 5.41) is 8.27. The zero-order valence-electron chi connectivity index (χ0n) is 11.6. The minimum absolute atomic E-state index is 0.0128. The lowest BCUT2D eigenvalue weighted by Gasteiger charge is -2.13. The Bertz CT molecular complexity index is 741. The predicted molar refractivity (Wildman–Crippen MR) is 88.4 cm³/mol. The van der Waals surface area contributed by atoms with Gasteiger partial charge in [0.2, 0.25) is 0 Å². The molecular weight excluding hydrogens is 302 g/mol. The third kappa shape index (κ3) is 2.91. The SMILES string of the molecule is CC(=N)CSc1nc2c(c(=O)n1-c1ccccc1)SCC2. The van der Waals surface area contributed by atoms with Gasteiger partial charge in [0.15, 0.2) is 5.16 Å². The number of hydrogen-bond donors (Lipinski definition) is 1. The van der Waals surface area contributed by atoms with Crippen molar-refractivity contribution in [1.82, 2.24) is 9.55 Å². The molecule has 2 aromatic rings. The first kappa shape index (κ1) is 14.4. The van der Waals surface area contributed by atoms with Gasteiger partial charge in [0.05, 0.1) is 16.3 Å². The van der Waals surface area contributed by atoms with Crippen LogP contribution >= 0.6 is 23.5 Å². The van der Waals surface area contributed by atoms with Gasteiger partial charge in [-0.25, -0.2) is 4.98 Å². The Kier molecular flexibility index (Phi) is 4.17. The van der Waals surface area contributed by atoms with Crippen molar-refractivity contribution >= 4 is 29.2 Å². The molecule has 4 nitrogen and oxygen atoms in total. The minimum atomic E-state index is 0.0128. The summed E-state index contributed by atoms with van der Waals surface area (Å²) in [6.45, 7) is 1.77. The Morgan fingerprint density at radius 3 is 2.90 bits per heavy atom. The van der Waals surface area contributed by atoms with E-state index in [1.54, 1.807) is 23.3 Å². The molecule has 2 heterocycles. The molecule has 0 aliphatic carbocycles. The van der Waals surface area contributed by atoms with E-state index in [0.29, 0.717) is 16.6 Å². The molecule has 1 aromatic carbocycles. The van der Waals surface area contributed by atoms with Crippen LogP contribution in [0.1, 0.15) is 12.6 Å². The fourth-order valence-electron chi connectivity index (χ4n) is 2.17. The van der Waals surface area contributed by atoms with E-state index in [2.05, 4.69) is 4.98 Å². The van der Waals surface area contributed by atoms with E-state index in [1.165, 1.54) is 11.8 Å². The molecule has 0 unspecified atom stereocenters. The van der Waals surface area contributed by atoms with Gasteiger partial charge in [-0.1, -0.05) is 30.0 Å². The number of rotatable bonds is 4. The van der Waals surface area contributed by atoms with Crippen LogP contribution in [0.2, 0.25) is 0 Å². The Morgan fingerprint density at radius 1 is 1.43 bits per heavy atom. The molecule has 0 saturated heterocycles. The van der Waals surface area contributed by atoms with Crippen molar-refractivity contribution in [3.8, 4) is 5.69 Å². The molecule has 0 spiro atoms.